The van der Waals surface area contributed by atoms with Gasteiger partial charge in [0.1, 0.15) is 23.8 Å². The quantitative estimate of drug-likeness (QED) is 0.563. The molecule has 0 atom stereocenters. The zero-order valence-electron chi connectivity index (χ0n) is 15.2. The van der Waals surface area contributed by atoms with Gasteiger partial charge in [0.2, 0.25) is 5.95 Å². The van der Waals surface area contributed by atoms with Crippen molar-refractivity contribution >= 4 is 29.1 Å². The average molecular weight is 399 g/mol. The molecule has 0 unspecified atom stereocenters. The second kappa shape index (κ2) is 9.57. The van der Waals surface area contributed by atoms with Gasteiger partial charge in [0.05, 0.1) is 13.7 Å². The monoisotopic (exact) mass is 398 g/mol. The number of carbonyl (C=O) groups is 1. The summed E-state index contributed by atoms with van der Waals surface area (Å²) in [5, 5.41) is 6.43. The number of amides is 1. The highest BCUT2D eigenvalue weighted by molar-refractivity contribution is 6.30. The summed E-state index contributed by atoms with van der Waals surface area (Å²) in [6, 6.07) is 15.9. The topological polar surface area (TPSA) is 85.4 Å². The molecule has 0 aliphatic rings. The lowest BCUT2D eigenvalue weighted by atomic mass is 10.3. The summed E-state index contributed by atoms with van der Waals surface area (Å²) < 4.78 is 10.7. The number of ether oxygens (including phenoxy) is 2. The molecule has 3 aromatic rings. The lowest BCUT2D eigenvalue weighted by Gasteiger charge is -2.09. The van der Waals surface area contributed by atoms with Crippen LogP contribution in [0.3, 0.4) is 0 Å². The van der Waals surface area contributed by atoms with E-state index in [4.69, 9.17) is 21.1 Å². The minimum atomic E-state index is -0.306. The van der Waals surface area contributed by atoms with Gasteiger partial charge in [0.15, 0.2) is 0 Å². The molecular weight excluding hydrogens is 380 g/mol. The van der Waals surface area contributed by atoms with Crippen LogP contribution in [-0.4, -0.2) is 36.1 Å². The summed E-state index contributed by atoms with van der Waals surface area (Å²) in [6.45, 7) is 0.674. The Labute approximate surface area is 167 Å². The second-order valence-corrected chi connectivity index (χ2v) is 6.11. The molecule has 0 aliphatic carbocycles. The molecule has 0 aliphatic heterocycles. The third kappa shape index (κ3) is 5.59. The maximum Gasteiger partial charge on any atom is 0.270 e. The highest BCUT2D eigenvalue weighted by Gasteiger charge is 2.08. The Balaban J connectivity index is 1.49. The molecule has 1 heterocycles. The van der Waals surface area contributed by atoms with Gasteiger partial charge in [0.25, 0.3) is 5.91 Å². The fourth-order valence-electron chi connectivity index (χ4n) is 2.30. The van der Waals surface area contributed by atoms with E-state index in [1.54, 1.807) is 49.6 Å². The van der Waals surface area contributed by atoms with E-state index in [1.807, 2.05) is 12.1 Å². The third-order valence-corrected chi connectivity index (χ3v) is 3.96. The van der Waals surface area contributed by atoms with Crippen LogP contribution in [0.2, 0.25) is 5.02 Å². The van der Waals surface area contributed by atoms with Crippen molar-refractivity contribution in [3.05, 3.63) is 71.5 Å². The van der Waals surface area contributed by atoms with Crippen molar-refractivity contribution in [2.24, 2.45) is 0 Å². The number of carbonyl (C=O) groups excluding carboxylic acids is 1. The minimum Gasteiger partial charge on any atom is -0.497 e. The Morgan fingerprint density at radius 3 is 2.46 bits per heavy atom. The van der Waals surface area contributed by atoms with Crippen molar-refractivity contribution in [2.45, 2.75) is 0 Å². The Bertz CT molecular complexity index is 917. The van der Waals surface area contributed by atoms with E-state index in [-0.39, 0.29) is 11.6 Å². The number of nitrogens with one attached hydrogen (secondary N) is 2. The molecule has 1 amide bonds. The molecule has 0 saturated carbocycles. The lowest BCUT2D eigenvalue weighted by molar-refractivity contribution is 0.0942. The summed E-state index contributed by atoms with van der Waals surface area (Å²) in [6.07, 6.45) is 1.52. The zero-order chi connectivity index (χ0) is 19.8. The van der Waals surface area contributed by atoms with Crippen LogP contribution in [0.15, 0.2) is 60.8 Å². The summed E-state index contributed by atoms with van der Waals surface area (Å²) in [5.74, 6) is 1.48. The highest BCUT2D eigenvalue weighted by Crippen LogP contribution is 2.17. The minimum absolute atomic E-state index is 0.260. The van der Waals surface area contributed by atoms with Crippen LogP contribution in [-0.2, 0) is 0 Å². The largest absolute Gasteiger partial charge is 0.497 e. The van der Waals surface area contributed by atoms with Gasteiger partial charge < -0.3 is 20.1 Å². The second-order valence-electron chi connectivity index (χ2n) is 5.68. The maximum absolute atomic E-state index is 12.3. The number of anilines is 2. The van der Waals surface area contributed by atoms with Gasteiger partial charge in [-0.3, -0.25) is 4.79 Å². The zero-order valence-corrected chi connectivity index (χ0v) is 15.9. The number of methoxy groups -OCH3 is 1. The van der Waals surface area contributed by atoms with Crippen LogP contribution >= 0.6 is 11.6 Å². The fraction of sp³-hybridized carbons (Fsp3) is 0.150. The Morgan fingerprint density at radius 2 is 1.75 bits per heavy atom. The number of hydrogen-bond acceptors (Lipinski definition) is 6. The van der Waals surface area contributed by atoms with E-state index >= 15 is 0 Å². The van der Waals surface area contributed by atoms with E-state index in [0.29, 0.717) is 29.9 Å². The molecule has 0 bridgehead atoms. The van der Waals surface area contributed by atoms with E-state index < -0.39 is 0 Å². The summed E-state index contributed by atoms with van der Waals surface area (Å²) in [4.78, 5) is 20.6. The molecule has 2 aromatic carbocycles. The molecular formula is C20H19ClN4O3. The molecule has 28 heavy (non-hydrogen) atoms. The number of benzene rings is 2. The van der Waals surface area contributed by atoms with Crippen molar-refractivity contribution in [2.75, 3.05) is 25.6 Å². The van der Waals surface area contributed by atoms with Gasteiger partial charge in [-0.2, -0.15) is 0 Å². The Hall–Kier alpha value is -3.32. The molecule has 7 nitrogen and oxygen atoms in total. The number of nitrogens with zero attached hydrogens (tertiary/aromatic N) is 2. The predicted molar refractivity (Wildman–Crippen MR) is 108 cm³/mol. The van der Waals surface area contributed by atoms with Gasteiger partial charge in [-0.25, -0.2) is 9.97 Å². The molecule has 2 N–H and O–H groups in total. The van der Waals surface area contributed by atoms with Gasteiger partial charge in [-0.15, -0.1) is 0 Å². The number of hydrogen-bond donors (Lipinski definition) is 2. The van der Waals surface area contributed by atoms with Crippen molar-refractivity contribution in [3.8, 4) is 11.5 Å². The number of aromatic nitrogens is 2. The van der Waals surface area contributed by atoms with Crippen LogP contribution in [0.4, 0.5) is 11.6 Å². The SMILES string of the molecule is COc1ccc(OCCNC(=O)c2ccnc(Nc3ccc(Cl)cc3)n2)cc1. The van der Waals surface area contributed by atoms with Crippen LogP contribution in [0.5, 0.6) is 11.5 Å². The van der Waals surface area contributed by atoms with Crippen molar-refractivity contribution in [1.29, 1.82) is 0 Å². The van der Waals surface area contributed by atoms with Crippen LogP contribution in [0.25, 0.3) is 0 Å². The van der Waals surface area contributed by atoms with E-state index in [0.717, 1.165) is 11.4 Å². The first-order chi connectivity index (χ1) is 13.6. The van der Waals surface area contributed by atoms with Gasteiger partial charge >= 0.3 is 0 Å². The molecule has 144 valence electrons. The predicted octanol–water partition coefficient (Wildman–Crippen LogP) is 3.69. The maximum atomic E-state index is 12.3. The molecule has 0 spiro atoms. The molecule has 3 rings (SSSR count). The van der Waals surface area contributed by atoms with Crippen molar-refractivity contribution < 1.29 is 14.3 Å². The van der Waals surface area contributed by atoms with Gasteiger partial charge in [-0.1, -0.05) is 11.6 Å². The molecule has 0 radical (unpaired) electrons. The van der Waals surface area contributed by atoms with E-state index in [2.05, 4.69) is 20.6 Å². The molecule has 8 heteroatoms. The normalized spacial score (nSPS) is 10.2. The van der Waals surface area contributed by atoms with Crippen molar-refractivity contribution in [1.82, 2.24) is 15.3 Å². The smallest absolute Gasteiger partial charge is 0.270 e. The average Bonchev–Trinajstić information content (AvgIpc) is 2.73. The molecule has 0 saturated heterocycles. The van der Waals surface area contributed by atoms with Gasteiger partial charge in [0, 0.05) is 16.9 Å². The van der Waals surface area contributed by atoms with Crippen molar-refractivity contribution in [3.63, 3.8) is 0 Å². The number of halogens is 1. The third-order valence-electron chi connectivity index (χ3n) is 3.70. The van der Waals surface area contributed by atoms with Crippen LogP contribution < -0.4 is 20.1 Å². The fourth-order valence-corrected chi connectivity index (χ4v) is 2.43. The van der Waals surface area contributed by atoms with E-state index in [1.165, 1.54) is 6.20 Å². The van der Waals surface area contributed by atoms with E-state index in [9.17, 15) is 4.79 Å². The summed E-state index contributed by atoms with van der Waals surface area (Å²) in [5.41, 5.74) is 1.03. The Kier molecular flexibility index (Phi) is 6.64. The van der Waals surface area contributed by atoms with Crippen LogP contribution in [0.1, 0.15) is 10.5 Å². The summed E-state index contributed by atoms with van der Waals surface area (Å²) in [7, 11) is 1.61. The highest BCUT2D eigenvalue weighted by atomic mass is 35.5. The summed E-state index contributed by atoms with van der Waals surface area (Å²) >= 11 is 5.87. The van der Waals surface area contributed by atoms with Crippen LogP contribution in [0, 0.1) is 0 Å². The molecule has 1 aromatic heterocycles. The standard InChI is InChI=1S/C20H19ClN4O3/c1-27-16-6-8-17(9-7-16)28-13-12-22-19(26)18-10-11-23-20(25-18)24-15-4-2-14(21)3-5-15/h2-11H,12-13H2,1H3,(H,22,26)(H,23,24,25). The first kappa shape index (κ1) is 19.4. The number of rotatable bonds is 8. The lowest BCUT2D eigenvalue weighted by Crippen LogP contribution is -2.29. The first-order valence-electron chi connectivity index (χ1n) is 8.55. The van der Waals surface area contributed by atoms with Gasteiger partial charge in [-0.05, 0) is 54.6 Å². The first-order valence-corrected chi connectivity index (χ1v) is 8.92. The molecule has 0 fully saturated rings. The Morgan fingerprint density at radius 1 is 1.04 bits per heavy atom.